The van der Waals surface area contributed by atoms with Crippen LogP contribution in [0.5, 0.6) is 0 Å². The lowest BCUT2D eigenvalue weighted by Gasteiger charge is -2.22. The summed E-state index contributed by atoms with van der Waals surface area (Å²) in [5.74, 6) is 0.441. The van der Waals surface area contributed by atoms with E-state index >= 15 is 0 Å². The molecule has 2 aliphatic rings. The second kappa shape index (κ2) is 6.52. The van der Waals surface area contributed by atoms with Crippen LogP contribution >= 0.6 is 11.3 Å². The molecule has 3 rings (SSSR count). The number of rotatable bonds is 5. The number of aliphatic hydroxyl groups excluding tert-OH is 1. The van der Waals surface area contributed by atoms with Gasteiger partial charge in [-0.05, 0) is 38.6 Å². The summed E-state index contributed by atoms with van der Waals surface area (Å²) in [5.41, 5.74) is 1.13. The molecule has 1 aliphatic carbocycles. The summed E-state index contributed by atoms with van der Waals surface area (Å²) >= 11 is 1.72. The summed E-state index contributed by atoms with van der Waals surface area (Å²) in [6, 6.07) is 0. The average Bonchev–Trinajstić information content (AvgIpc) is 3.12. The molecule has 3 atom stereocenters. The van der Waals surface area contributed by atoms with Crippen LogP contribution in [-0.4, -0.2) is 41.3 Å². The van der Waals surface area contributed by atoms with E-state index in [-0.39, 0.29) is 12.2 Å². The molecule has 0 amide bonds. The molecule has 1 N–H and O–H groups in total. The van der Waals surface area contributed by atoms with Crippen molar-refractivity contribution in [3.8, 4) is 0 Å². The van der Waals surface area contributed by atoms with Gasteiger partial charge in [0, 0.05) is 25.1 Å². The van der Waals surface area contributed by atoms with Gasteiger partial charge in [0.2, 0.25) is 0 Å². The smallest absolute Gasteiger partial charge is 0.122 e. The fraction of sp³-hybridized carbons (Fsp3) is 0.800. The molecular formula is C15H24N2O2S. The average molecular weight is 296 g/mol. The molecule has 2 fully saturated rings. The highest BCUT2D eigenvalue weighted by atomic mass is 32.1. The molecule has 0 aromatic carbocycles. The summed E-state index contributed by atoms with van der Waals surface area (Å²) in [4.78, 5) is 7.00. The lowest BCUT2D eigenvalue weighted by molar-refractivity contribution is 0.106. The van der Waals surface area contributed by atoms with Crippen LogP contribution in [0.3, 0.4) is 0 Å². The molecule has 1 aromatic heterocycles. The largest absolute Gasteiger partial charge is 0.393 e. The van der Waals surface area contributed by atoms with Gasteiger partial charge in [0.25, 0.3) is 0 Å². The number of hydrogen-bond acceptors (Lipinski definition) is 5. The maximum Gasteiger partial charge on any atom is 0.122 e. The Kier molecular flexibility index (Phi) is 4.71. The zero-order valence-corrected chi connectivity index (χ0v) is 12.9. The minimum absolute atomic E-state index is 0.102. The maximum absolute atomic E-state index is 9.89. The number of ether oxygens (including phenoxy) is 1. The molecule has 1 aliphatic heterocycles. The van der Waals surface area contributed by atoms with Gasteiger partial charge in [-0.3, -0.25) is 0 Å². The van der Waals surface area contributed by atoms with Crippen LogP contribution in [-0.2, 0) is 11.3 Å². The molecule has 0 bridgehead atoms. The van der Waals surface area contributed by atoms with Gasteiger partial charge in [-0.25, -0.2) is 4.98 Å². The van der Waals surface area contributed by atoms with E-state index in [4.69, 9.17) is 9.72 Å². The number of nitrogens with zero attached hydrogens (tertiary/aromatic N) is 2. The highest BCUT2D eigenvalue weighted by Crippen LogP contribution is 2.31. The van der Waals surface area contributed by atoms with Gasteiger partial charge in [-0.1, -0.05) is 6.42 Å². The molecule has 3 unspecified atom stereocenters. The van der Waals surface area contributed by atoms with Crippen molar-refractivity contribution >= 4 is 11.3 Å². The predicted octanol–water partition coefficient (Wildman–Crippen LogP) is 2.59. The van der Waals surface area contributed by atoms with E-state index in [9.17, 15) is 5.11 Å². The summed E-state index contributed by atoms with van der Waals surface area (Å²) in [7, 11) is 2.12. The minimum atomic E-state index is -0.102. The first kappa shape index (κ1) is 14.4. The highest BCUT2D eigenvalue weighted by molar-refractivity contribution is 7.09. The van der Waals surface area contributed by atoms with E-state index in [1.165, 1.54) is 6.42 Å². The normalized spacial score (nSPS) is 30.4. The molecule has 5 heteroatoms. The number of thiazole rings is 1. The van der Waals surface area contributed by atoms with Crippen molar-refractivity contribution in [2.24, 2.45) is 5.92 Å². The van der Waals surface area contributed by atoms with E-state index in [0.29, 0.717) is 5.92 Å². The molecule has 1 aromatic rings. The summed E-state index contributed by atoms with van der Waals surface area (Å²) in [6.07, 6.45) is 5.68. The van der Waals surface area contributed by atoms with Crippen LogP contribution < -0.4 is 0 Å². The fourth-order valence-corrected chi connectivity index (χ4v) is 4.18. The van der Waals surface area contributed by atoms with Crippen molar-refractivity contribution in [1.82, 2.24) is 9.88 Å². The first-order valence-electron chi connectivity index (χ1n) is 7.65. The summed E-state index contributed by atoms with van der Waals surface area (Å²) < 4.78 is 5.68. The minimum Gasteiger partial charge on any atom is -0.393 e. The Morgan fingerprint density at radius 1 is 1.40 bits per heavy atom. The molecule has 1 saturated carbocycles. The predicted molar refractivity (Wildman–Crippen MR) is 79.7 cm³/mol. The van der Waals surface area contributed by atoms with Crippen LogP contribution in [0.15, 0.2) is 5.38 Å². The third kappa shape index (κ3) is 3.39. The second-order valence-electron chi connectivity index (χ2n) is 6.13. The van der Waals surface area contributed by atoms with E-state index in [1.54, 1.807) is 11.3 Å². The molecule has 112 valence electrons. The Balaban J connectivity index is 1.52. The molecule has 20 heavy (non-hydrogen) atoms. The third-order valence-corrected chi connectivity index (χ3v) is 5.36. The number of aromatic nitrogens is 1. The molecule has 0 spiro atoms. The maximum atomic E-state index is 9.89. The van der Waals surface area contributed by atoms with E-state index in [2.05, 4.69) is 17.3 Å². The topological polar surface area (TPSA) is 45.6 Å². The number of hydrogen-bond donors (Lipinski definition) is 1. The Hall–Kier alpha value is -0.490. The monoisotopic (exact) mass is 296 g/mol. The van der Waals surface area contributed by atoms with E-state index in [0.717, 1.165) is 56.1 Å². The van der Waals surface area contributed by atoms with Crippen molar-refractivity contribution in [3.05, 3.63) is 16.1 Å². The van der Waals surface area contributed by atoms with Gasteiger partial charge in [-0.2, -0.15) is 0 Å². The molecular weight excluding hydrogens is 272 g/mol. The highest BCUT2D eigenvalue weighted by Gasteiger charge is 2.26. The van der Waals surface area contributed by atoms with Crippen molar-refractivity contribution in [2.45, 2.75) is 50.9 Å². The Morgan fingerprint density at radius 3 is 3.00 bits per heavy atom. The van der Waals surface area contributed by atoms with Crippen LogP contribution in [0, 0.1) is 5.92 Å². The second-order valence-corrected chi connectivity index (χ2v) is 7.02. The summed E-state index contributed by atoms with van der Waals surface area (Å²) in [6.45, 7) is 2.71. The Bertz CT molecular complexity index is 431. The zero-order chi connectivity index (χ0) is 13.9. The third-order valence-electron chi connectivity index (χ3n) is 4.37. The number of aliphatic hydroxyl groups is 1. The standard InChI is InChI=1S/C15H24N2O2S/c1-17(8-11-4-2-5-13(11)18)9-12-10-20-15(16-12)14-6-3-7-19-14/h10-11,13-14,18H,2-9H2,1H3. The molecule has 2 heterocycles. The molecule has 0 radical (unpaired) electrons. The first-order valence-corrected chi connectivity index (χ1v) is 8.53. The lowest BCUT2D eigenvalue weighted by atomic mass is 10.1. The Morgan fingerprint density at radius 2 is 2.30 bits per heavy atom. The molecule has 4 nitrogen and oxygen atoms in total. The van der Waals surface area contributed by atoms with Crippen LogP contribution in [0.4, 0.5) is 0 Å². The SMILES string of the molecule is CN(Cc1csc(C2CCCO2)n1)CC1CCCC1O. The first-order chi connectivity index (χ1) is 9.72. The van der Waals surface area contributed by atoms with Crippen molar-refractivity contribution in [1.29, 1.82) is 0 Å². The van der Waals surface area contributed by atoms with Gasteiger partial charge in [0.1, 0.15) is 11.1 Å². The zero-order valence-electron chi connectivity index (χ0n) is 12.1. The van der Waals surface area contributed by atoms with Crippen LogP contribution in [0.25, 0.3) is 0 Å². The Labute approximate surface area is 124 Å². The van der Waals surface area contributed by atoms with Gasteiger partial charge >= 0.3 is 0 Å². The molecule has 1 saturated heterocycles. The van der Waals surface area contributed by atoms with Crippen molar-refractivity contribution in [3.63, 3.8) is 0 Å². The van der Waals surface area contributed by atoms with E-state index < -0.39 is 0 Å². The van der Waals surface area contributed by atoms with E-state index in [1.807, 2.05) is 0 Å². The quantitative estimate of drug-likeness (QED) is 0.907. The summed E-state index contributed by atoms with van der Waals surface area (Å²) in [5, 5.41) is 13.2. The van der Waals surface area contributed by atoms with Gasteiger partial charge in [-0.15, -0.1) is 11.3 Å². The van der Waals surface area contributed by atoms with Gasteiger partial charge < -0.3 is 14.7 Å². The fourth-order valence-electron chi connectivity index (χ4n) is 3.29. The van der Waals surface area contributed by atoms with Gasteiger partial charge in [0.05, 0.1) is 11.8 Å². The lowest BCUT2D eigenvalue weighted by Crippen LogP contribution is -2.29. The van der Waals surface area contributed by atoms with Crippen molar-refractivity contribution in [2.75, 3.05) is 20.2 Å². The van der Waals surface area contributed by atoms with Crippen LogP contribution in [0.1, 0.15) is 48.9 Å². The van der Waals surface area contributed by atoms with Crippen LogP contribution in [0.2, 0.25) is 0 Å². The van der Waals surface area contributed by atoms with Crippen molar-refractivity contribution < 1.29 is 9.84 Å². The van der Waals surface area contributed by atoms with Gasteiger partial charge in [0.15, 0.2) is 0 Å².